The second kappa shape index (κ2) is 11.2. The maximum atomic E-state index is 14.3. The number of aliphatic hydroxyl groups excluding tert-OH is 1. The molecule has 0 aliphatic carbocycles. The number of aliphatic hydroxyl groups is 1. The Labute approximate surface area is 189 Å². The minimum absolute atomic E-state index is 0.142. The van der Waals surface area contributed by atoms with Gasteiger partial charge in [0.15, 0.2) is 11.6 Å². The number of hydrogen-bond acceptors (Lipinski definition) is 5. The number of aryl methyl sites for hydroxylation is 1. The fourth-order valence-corrected chi connectivity index (χ4v) is 3.52. The van der Waals surface area contributed by atoms with Crippen molar-refractivity contribution in [2.75, 3.05) is 19.8 Å². The van der Waals surface area contributed by atoms with Crippen LogP contribution in [0.3, 0.4) is 0 Å². The maximum Gasteiger partial charge on any atom is 0.222 e. The van der Waals surface area contributed by atoms with Crippen LogP contribution < -0.4 is 4.74 Å². The van der Waals surface area contributed by atoms with Crippen LogP contribution in [0.4, 0.5) is 4.39 Å². The normalized spacial score (nSPS) is 12.5. The molecular weight excluding hydrogens is 409 g/mol. The Morgan fingerprint density at radius 1 is 1.09 bits per heavy atom. The van der Waals surface area contributed by atoms with Crippen LogP contribution >= 0.6 is 0 Å². The number of ether oxygens (including phenoxy) is 2. The monoisotopic (exact) mass is 441 g/mol. The molecule has 0 aliphatic rings. The lowest BCUT2D eigenvalue weighted by Gasteiger charge is -2.29. The average Bonchev–Trinajstić information content (AvgIpc) is 3.09. The van der Waals surface area contributed by atoms with E-state index in [9.17, 15) is 9.50 Å². The minimum Gasteiger partial charge on any atom is -0.436 e. The highest BCUT2D eigenvalue weighted by molar-refractivity contribution is 5.65. The van der Waals surface area contributed by atoms with Crippen LogP contribution in [0.15, 0.2) is 54.6 Å². The standard InChI is InChI=1S/C25H32FN3O3/c1-5-31-17-20(30)15-29(18(2)3)16-21-24(19-11-7-6-8-12-19)27-28(4)25(21)32-23-14-10-9-13-22(23)26/h6-14,18,20,30H,5,15-17H2,1-4H3. The van der Waals surface area contributed by atoms with Crippen molar-refractivity contribution < 1.29 is 19.0 Å². The van der Waals surface area contributed by atoms with Crippen molar-refractivity contribution in [2.24, 2.45) is 7.05 Å². The molecule has 0 bridgehead atoms. The second-order valence-corrected chi connectivity index (χ2v) is 7.99. The van der Waals surface area contributed by atoms with E-state index in [2.05, 4.69) is 18.7 Å². The van der Waals surface area contributed by atoms with Gasteiger partial charge in [0.2, 0.25) is 5.88 Å². The van der Waals surface area contributed by atoms with Crippen LogP contribution in [0.2, 0.25) is 0 Å². The van der Waals surface area contributed by atoms with Gasteiger partial charge in [0.25, 0.3) is 0 Å². The predicted octanol–water partition coefficient (Wildman–Crippen LogP) is 4.63. The third-order valence-corrected chi connectivity index (χ3v) is 5.23. The smallest absolute Gasteiger partial charge is 0.222 e. The summed E-state index contributed by atoms with van der Waals surface area (Å²) >= 11 is 0. The van der Waals surface area contributed by atoms with Gasteiger partial charge in [0, 0.05) is 38.3 Å². The van der Waals surface area contributed by atoms with Crippen LogP contribution in [0.1, 0.15) is 26.3 Å². The lowest BCUT2D eigenvalue weighted by Crippen LogP contribution is -2.39. The molecular formula is C25H32FN3O3. The van der Waals surface area contributed by atoms with Crippen LogP contribution in [-0.4, -0.2) is 51.7 Å². The van der Waals surface area contributed by atoms with E-state index in [0.717, 1.165) is 16.8 Å². The molecule has 7 heteroatoms. The molecule has 0 saturated heterocycles. The average molecular weight is 442 g/mol. The molecule has 0 radical (unpaired) electrons. The summed E-state index contributed by atoms with van der Waals surface area (Å²) in [6.45, 7) is 7.79. The van der Waals surface area contributed by atoms with E-state index in [1.165, 1.54) is 6.07 Å². The quantitative estimate of drug-likeness (QED) is 0.470. The molecule has 3 aromatic rings. The molecule has 1 N–H and O–H groups in total. The van der Waals surface area contributed by atoms with Gasteiger partial charge in [-0.1, -0.05) is 42.5 Å². The molecule has 0 saturated carbocycles. The van der Waals surface area contributed by atoms with E-state index in [1.54, 1.807) is 29.9 Å². The summed E-state index contributed by atoms with van der Waals surface area (Å²) in [7, 11) is 1.79. The van der Waals surface area contributed by atoms with E-state index >= 15 is 0 Å². The number of aromatic nitrogens is 2. The second-order valence-electron chi connectivity index (χ2n) is 7.99. The van der Waals surface area contributed by atoms with Gasteiger partial charge in [-0.3, -0.25) is 4.90 Å². The number of rotatable bonds is 11. The number of hydrogen-bond donors (Lipinski definition) is 1. The van der Waals surface area contributed by atoms with Gasteiger partial charge >= 0.3 is 0 Å². The van der Waals surface area contributed by atoms with E-state index in [1.807, 2.05) is 37.3 Å². The zero-order valence-corrected chi connectivity index (χ0v) is 19.2. The topological polar surface area (TPSA) is 59.8 Å². The molecule has 32 heavy (non-hydrogen) atoms. The molecule has 172 valence electrons. The number of para-hydroxylation sites is 1. The summed E-state index contributed by atoms with van der Waals surface area (Å²) in [6, 6.07) is 16.3. The number of halogens is 1. The summed E-state index contributed by atoms with van der Waals surface area (Å²) in [4.78, 5) is 2.14. The predicted molar refractivity (Wildman–Crippen MR) is 123 cm³/mol. The zero-order valence-electron chi connectivity index (χ0n) is 19.2. The number of nitrogens with zero attached hydrogens (tertiary/aromatic N) is 3. The van der Waals surface area contributed by atoms with Gasteiger partial charge in [0.1, 0.15) is 5.69 Å². The Bertz CT molecular complexity index is 991. The zero-order chi connectivity index (χ0) is 23.1. The fourth-order valence-electron chi connectivity index (χ4n) is 3.52. The van der Waals surface area contributed by atoms with Crippen molar-refractivity contribution in [3.8, 4) is 22.9 Å². The SMILES string of the molecule is CCOCC(O)CN(Cc1c(-c2ccccc2)nn(C)c1Oc1ccccc1F)C(C)C. The van der Waals surface area contributed by atoms with Crippen molar-refractivity contribution in [1.82, 2.24) is 14.7 Å². The first-order chi connectivity index (χ1) is 15.4. The molecule has 0 fully saturated rings. The fraction of sp³-hybridized carbons (Fsp3) is 0.400. The molecule has 1 heterocycles. The van der Waals surface area contributed by atoms with Gasteiger partial charge in [-0.2, -0.15) is 5.10 Å². The Morgan fingerprint density at radius 3 is 2.44 bits per heavy atom. The summed E-state index contributed by atoms with van der Waals surface area (Å²) in [5.74, 6) is 0.177. The largest absolute Gasteiger partial charge is 0.436 e. The highest BCUT2D eigenvalue weighted by Crippen LogP contribution is 2.35. The Kier molecular flexibility index (Phi) is 8.39. The minimum atomic E-state index is -0.620. The van der Waals surface area contributed by atoms with Crippen LogP contribution in [-0.2, 0) is 18.3 Å². The van der Waals surface area contributed by atoms with Gasteiger partial charge in [-0.05, 0) is 32.9 Å². The summed E-state index contributed by atoms with van der Waals surface area (Å²) < 4.78 is 27.4. The summed E-state index contributed by atoms with van der Waals surface area (Å²) in [6.07, 6.45) is -0.620. The lowest BCUT2D eigenvalue weighted by atomic mass is 10.1. The molecule has 0 aliphatic heterocycles. The summed E-state index contributed by atoms with van der Waals surface area (Å²) in [5, 5.41) is 15.1. The van der Waals surface area contributed by atoms with Crippen LogP contribution in [0.25, 0.3) is 11.3 Å². The van der Waals surface area contributed by atoms with E-state index in [-0.39, 0.29) is 18.4 Å². The van der Waals surface area contributed by atoms with Crippen LogP contribution in [0.5, 0.6) is 11.6 Å². The van der Waals surface area contributed by atoms with Crippen LogP contribution in [0, 0.1) is 5.82 Å². The first kappa shape index (κ1) is 23.9. The van der Waals surface area contributed by atoms with Crippen molar-refractivity contribution in [2.45, 2.75) is 39.5 Å². The summed E-state index contributed by atoms with van der Waals surface area (Å²) in [5.41, 5.74) is 2.55. The lowest BCUT2D eigenvalue weighted by molar-refractivity contribution is 0.0132. The Morgan fingerprint density at radius 2 is 1.78 bits per heavy atom. The van der Waals surface area contributed by atoms with Gasteiger partial charge in [-0.15, -0.1) is 0 Å². The molecule has 1 aromatic heterocycles. The van der Waals surface area contributed by atoms with E-state index < -0.39 is 11.9 Å². The molecule has 3 rings (SSSR count). The third kappa shape index (κ3) is 5.94. The molecule has 2 aromatic carbocycles. The third-order valence-electron chi connectivity index (χ3n) is 5.23. The molecule has 6 nitrogen and oxygen atoms in total. The molecule has 0 amide bonds. The van der Waals surface area contributed by atoms with Crippen molar-refractivity contribution in [1.29, 1.82) is 0 Å². The molecule has 0 spiro atoms. The Balaban J connectivity index is 1.99. The van der Waals surface area contributed by atoms with E-state index in [4.69, 9.17) is 14.6 Å². The number of benzene rings is 2. The Hall–Kier alpha value is -2.74. The van der Waals surface area contributed by atoms with Gasteiger partial charge < -0.3 is 14.6 Å². The molecule has 1 unspecified atom stereocenters. The van der Waals surface area contributed by atoms with Gasteiger partial charge in [0.05, 0.1) is 18.3 Å². The maximum absolute atomic E-state index is 14.3. The highest BCUT2D eigenvalue weighted by atomic mass is 19.1. The van der Waals surface area contributed by atoms with Gasteiger partial charge in [-0.25, -0.2) is 9.07 Å². The van der Waals surface area contributed by atoms with Crippen molar-refractivity contribution in [3.05, 3.63) is 66.0 Å². The van der Waals surface area contributed by atoms with E-state index in [0.29, 0.717) is 25.6 Å². The first-order valence-electron chi connectivity index (χ1n) is 10.9. The first-order valence-corrected chi connectivity index (χ1v) is 10.9. The highest BCUT2D eigenvalue weighted by Gasteiger charge is 2.25. The van der Waals surface area contributed by atoms with Crippen molar-refractivity contribution in [3.63, 3.8) is 0 Å². The molecule has 1 atom stereocenters. The van der Waals surface area contributed by atoms with Crippen molar-refractivity contribution >= 4 is 0 Å².